The summed E-state index contributed by atoms with van der Waals surface area (Å²) in [4.78, 5) is 23.0. The van der Waals surface area contributed by atoms with Crippen molar-refractivity contribution >= 4 is 12.0 Å². The number of ether oxygens (including phenoxy) is 1. The van der Waals surface area contributed by atoms with Crippen LogP contribution in [0.2, 0.25) is 0 Å². The monoisotopic (exact) mass is 286 g/mol. The van der Waals surface area contributed by atoms with Crippen molar-refractivity contribution in [2.45, 2.75) is 64.6 Å². The molecule has 0 aromatic heterocycles. The largest absolute Gasteiger partial charge is 0.480 e. The van der Waals surface area contributed by atoms with E-state index in [0.29, 0.717) is 6.42 Å². The summed E-state index contributed by atoms with van der Waals surface area (Å²) in [5, 5.41) is 14.4. The van der Waals surface area contributed by atoms with Crippen LogP contribution >= 0.6 is 0 Å². The Morgan fingerprint density at radius 2 is 2.10 bits per heavy atom. The van der Waals surface area contributed by atoms with Crippen molar-refractivity contribution < 1.29 is 19.4 Å². The Morgan fingerprint density at radius 3 is 2.55 bits per heavy atom. The summed E-state index contributed by atoms with van der Waals surface area (Å²) in [6, 6.07) is -1.23. The van der Waals surface area contributed by atoms with E-state index in [4.69, 9.17) is 9.84 Å². The van der Waals surface area contributed by atoms with Crippen LogP contribution in [0, 0.1) is 5.41 Å². The van der Waals surface area contributed by atoms with Crippen LogP contribution < -0.4 is 10.6 Å². The molecule has 6 nitrogen and oxygen atoms in total. The number of carboxylic acids is 1. The van der Waals surface area contributed by atoms with Crippen LogP contribution in [-0.4, -0.2) is 42.4 Å². The maximum Gasteiger partial charge on any atom is 0.326 e. The molecular formula is C14H26N2O4. The lowest BCUT2D eigenvalue weighted by molar-refractivity contribution is -0.139. The molecule has 2 unspecified atom stereocenters. The summed E-state index contributed by atoms with van der Waals surface area (Å²) < 4.78 is 5.32. The van der Waals surface area contributed by atoms with Crippen molar-refractivity contribution in [3.05, 3.63) is 0 Å². The molecule has 2 amide bonds. The molecule has 1 rings (SSSR count). The minimum atomic E-state index is -0.990. The smallest absolute Gasteiger partial charge is 0.326 e. The average Bonchev–Trinajstić information content (AvgIpc) is 2.38. The first-order chi connectivity index (χ1) is 9.32. The summed E-state index contributed by atoms with van der Waals surface area (Å²) in [6.07, 6.45) is 3.01. The zero-order chi connectivity index (χ0) is 15.3. The number of carbonyl (C=O) groups excluding carboxylic acids is 1. The van der Waals surface area contributed by atoms with E-state index in [2.05, 4.69) is 10.6 Å². The summed E-state index contributed by atoms with van der Waals surface area (Å²) in [6.45, 7) is 6.05. The van der Waals surface area contributed by atoms with Gasteiger partial charge in [0.05, 0.1) is 6.10 Å². The van der Waals surface area contributed by atoms with Crippen molar-refractivity contribution in [2.75, 3.05) is 7.11 Å². The third-order valence-corrected chi connectivity index (χ3v) is 4.22. The van der Waals surface area contributed by atoms with Gasteiger partial charge in [-0.25, -0.2) is 9.59 Å². The molecule has 0 aromatic rings. The topological polar surface area (TPSA) is 87.7 Å². The van der Waals surface area contributed by atoms with Gasteiger partial charge in [-0.2, -0.15) is 0 Å². The van der Waals surface area contributed by atoms with Gasteiger partial charge in [-0.15, -0.1) is 0 Å². The fourth-order valence-corrected chi connectivity index (χ4v) is 2.55. The van der Waals surface area contributed by atoms with E-state index < -0.39 is 18.0 Å². The van der Waals surface area contributed by atoms with Crippen LogP contribution in [0.4, 0.5) is 4.79 Å². The molecule has 0 aromatic carbocycles. The molecule has 1 aliphatic rings. The lowest BCUT2D eigenvalue weighted by Crippen LogP contribution is -2.63. The van der Waals surface area contributed by atoms with Crippen LogP contribution in [0.1, 0.15) is 46.5 Å². The van der Waals surface area contributed by atoms with Crippen LogP contribution in [0.25, 0.3) is 0 Å². The lowest BCUT2D eigenvalue weighted by atomic mass is 9.64. The van der Waals surface area contributed by atoms with Gasteiger partial charge in [0.2, 0.25) is 0 Å². The highest BCUT2D eigenvalue weighted by Gasteiger charge is 2.49. The number of amides is 2. The number of hydrogen-bond acceptors (Lipinski definition) is 3. The molecule has 0 aliphatic heterocycles. The number of carboxylic acid groups (broad SMARTS) is 1. The zero-order valence-electron chi connectivity index (χ0n) is 12.7. The Morgan fingerprint density at radius 1 is 1.45 bits per heavy atom. The first kappa shape index (κ1) is 16.8. The highest BCUT2D eigenvalue weighted by Crippen LogP contribution is 2.42. The standard InChI is InChI=1S/C14H26N2O4/c1-5-6-7-9(12(17)18)15-13(19)16-10-8-11(20-4)14(10,2)3/h9-11H,5-8H2,1-4H3,(H,17,18)(H2,15,16,19)/t9-,10?,11?/m0/s1. The van der Waals surface area contributed by atoms with Gasteiger partial charge in [0.15, 0.2) is 0 Å². The normalized spacial score (nSPS) is 25.4. The van der Waals surface area contributed by atoms with Gasteiger partial charge < -0.3 is 20.5 Å². The molecule has 1 fully saturated rings. The van der Waals surface area contributed by atoms with Gasteiger partial charge in [0.25, 0.3) is 0 Å². The van der Waals surface area contributed by atoms with Gasteiger partial charge in [0, 0.05) is 18.6 Å². The second kappa shape index (κ2) is 6.92. The molecule has 116 valence electrons. The SMILES string of the molecule is CCCC[C@H](NC(=O)NC1CC(OC)C1(C)C)C(=O)O. The van der Waals surface area contributed by atoms with Crippen LogP contribution in [0.5, 0.6) is 0 Å². The Kier molecular flexibility index (Phi) is 5.80. The predicted octanol–water partition coefficient (Wildman–Crippen LogP) is 1.74. The number of methoxy groups -OCH3 is 1. The number of carbonyl (C=O) groups is 2. The molecule has 0 bridgehead atoms. The summed E-state index contributed by atoms with van der Waals surface area (Å²) in [5.74, 6) is -0.990. The fourth-order valence-electron chi connectivity index (χ4n) is 2.55. The van der Waals surface area contributed by atoms with Crippen LogP contribution in [0.15, 0.2) is 0 Å². The van der Waals surface area contributed by atoms with Crippen molar-refractivity contribution in [1.82, 2.24) is 10.6 Å². The number of hydrogen-bond donors (Lipinski definition) is 3. The fraction of sp³-hybridized carbons (Fsp3) is 0.857. The van der Waals surface area contributed by atoms with E-state index in [1.54, 1.807) is 7.11 Å². The quantitative estimate of drug-likeness (QED) is 0.665. The molecule has 20 heavy (non-hydrogen) atoms. The zero-order valence-corrected chi connectivity index (χ0v) is 12.7. The second-order valence-corrected chi connectivity index (χ2v) is 5.98. The van der Waals surface area contributed by atoms with E-state index in [9.17, 15) is 9.59 Å². The number of nitrogens with one attached hydrogen (secondary N) is 2. The number of aliphatic carboxylic acids is 1. The van der Waals surface area contributed by atoms with E-state index in [0.717, 1.165) is 19.3 Å². The Labute approximate surface area is 120 Å². The van der Waals surface area contributed by atoms with Crippen molar-refractivity contribution in [1.29, 1.82) is 0 Å². The number of urea groups is 1. The molecule has 0 heterocycles. The van der Waals surface area contributed by atoms with Crippen molar-refractivity contribution in [3.63, 3.8) is 0 Å². The van der Waals surface area contributed by atoms with Crippen molar-refractivity contribution in [2.24, 2.45) is 5.41 Å². The molecular weight excluding hydrogens is 260 g/mol. The summed E-state index contributed by atoms with van der Waals surface area (Å²) in [7, 11) is 1.66. The molecule has 1 saturated carbocycles. The molecule has 0 saturated heterocycles. The van der Waals surface area contributed by atoms with E-state index in [1.807, 2.05) is 20.8 Å². The summed E-state index contributed by atoms with van der Waals surface area (Å²) >= 11 is 0. The average molecular weight is 286 g/mol. The molecule has 0 radical (unpaired) electrons. The third-order valence-electron chi connectivity index (χ3n) is 4.22. The van der Waals surface area contributed by atoms with E-state index in [1.165, 1.54) is 0 Å². The highest BCUT2D eigenvalue weighted by atomic mass is 16.5. The third kappa shape index (κ3) is 3.85. The first-order valence-corrected chi connectivity index (χ1v) is 7.15. The van der Waals surface area contributed by atoms with Crippen LogP contribution in [-0.2, 0) is 9.53 Å². The van der Waals surface area contributed by atoms with Gasteiger partial charge >= 0.3 is 12.0 Å². The molecule has 3 atom stereocenters. The molecule has 6 heteroatoms. The Balaban J connectivity index is 2.45. The molecule has 3 N–H and O–H groups in total. The van der Waals surface area contributed by atoms with Gasteiger partial charge in [-0.3, -0.25) is 0 Å². The second-order valence-electron chi connectivity index (χ2n) is 5.98. The maximum absolute atomic E-state index is 11.9. The highest BCUT2D eigenvalue weighted by molar-refractivity contribution is 5.82. The minimum absolute atomic E-state index is 0.00747. The Hall–Kier alpha value is -1.30. The van der Waals surface area contributed by atoms with E-state index >= 15 is 0 Å². The number of rotatable bonds is 7. The molecule has 0 spiro atoms. The summed E-state index contributed by atoms with van der Waals surface area (Å²) in [5.41, 5.74) is -0.131. The van der Waals surface area contributed by atoms with Crippen molar-refractivity contribution in [3.8, 4) is 0 Å². The lowest BCUT2D eigenvalue weighted by Gasteiger charge is -2.51. The minimum Gasteiger partial charge on any atom is -0.480 e. The first-order valence-electron chi connectivity index (χ1n) is 7.15. The van der Waals surface area contributed by atoms with Gasteiger partial charge in [0.1, 0.15) is 6.04 Å². The predicted molar refractivity (Wildman–Crippen MR) is 75.6 cm³/mol. The van der Waals surface area contributed by atoms with Crippen LogP contribution in [0.3, 0.4) is 0 Å². The maximum atomic E-state index is 11.9. The van der Waals surface area contributed by atoms with Gasteiger partial charge in [-0.05, 0) is 12.8 Å². The number of unbranched alkanes of at least 4 members (excludes halogenated alkanes) is 1. The van der Waals surface area contributed by atoms with Gasteiger partial charge in [-0.1, -0.05) is 33.6 Å². The van der Waals surface area contributed by atoms with E-state index in [-0.39, 0.29) is 17.6 Å². The Bertz CT molecular complexity index is 357. The molecule has 1 aliphatic carbocycles.